The maximum absolute atomic E-state index is 11.7. The van der Waals surface area contributed by atoms with Gasteiger partial charge in [0.05, 0.1) is 6.26 Å². The van der Waals surface area contributed by atoms with E-state index < -0.39 is 11.7 Å². The van der Waals surface area contributed by atoms with Crippen LogP contribution in [0.3, 0.4) is 0 Å². The highest BCUT2D eigenvalue weighted by molar-refractivity contribution is 6.42. The first-order valence-corrected chi connectivity index (χ1v) is 7.39. The van der Waals surface area contributed by atoms with Crippen molar-refractivity contribution in [3.63, 3.8) is 0 Å². The highest BCUT2D eigenvalue weighted by atomic mass is 16.3. The molecule has 5 nitrogen and oxygen atoms in total. The highest BCUT2D eigenvalue weighted by Gasteiger charge is 2.19. The molecule has 0 fully saturated rings. The normalized spacial score (nSPS) is 14.4. The second kappa shape index (κ2) is 6.58. The van der Waals surface area contributed by atoms with Crippen molar-refractivity contribution in [3.8, 4) is 0 Å². The number of nitrogens with zero attached hydrogens (tertiary/aromatic N) is 1. The van der Waals surface area contributed by atoms with Crippen molar-refractivity contribution in [1.29, 1.82) is 0 Å². The molecule has 0 aliphatic carbocycles. The predicted molar refractivity (Wildman–Crippen MR) is 81.5 cm³/mol. The maximum Gasteiger partial charge on any atom is 0.295 e. The zero-order valence-corrected chi connectivity index (χ0v) is 12.2. The van der Waals surface area contributed by atoms with Crippen LogP contribution in [0.25, 0.3) is 0 Å². The lowest BCUT2D eigenvalue weighted by Crippen LogP contribution is -2.39. The monoisotopic (exact) mass is 298 g/mol. The fourth-order valence-electron chi connectivity index (χ4n) is 2.67. The Morgan fingerprint density at radius 2 is 1.95 bits per heavy atom. The van der Waals surface area contributed by atoms with E-state index in [-0.39, 0.29) is 5.76 Å². The van der Waals surface area contributed by atoms with Crippen LogP contribution < -0.4 is 5.32 Å². The Kier molecular flexibility index (Phi) is 4.34. The molecule has 1 N–H and O–H groups in total. The zero-order valence-electron chi connectivity index (χ0n) is 12.2. The highest BCUT2D eigenvalue weighted by Crippen LogP contribution is 2.17. The van der Waals surface area contributed by atoms with Crippen LogP contribution in [-0.2, 0) is 17.8 Å². The van der Waals surface area contributed by atoms with Gasteiger partial charge >= 0.3 is 0 Å². The molecule has 0 atom stereocenters. The minimum atomic E-state index is -0.631. The summed E-state index contributed by atoms with van der Waals surface area (Å²) in [6, 6.07) is 11.5. The number of fused-ring (bicyclic) bond motifs is 1. The molecule has 0 saturated heterocycles. The number of benzene rings is 1. The summed E-state index contributed by atoms with van der Waals surface area (Å²) in [5.74, 6) is -1.18. The van der Waals surface area contributed by atoms with Gasteiger partial charge < -0.3 is 9.73 Å². The molecule has 0 spiro atoms. The van der Waals surface area contributed by atoms with Crippen molar-refractivity contribution in [2.75, 3.05) is 19.6 Å². The minimum absolute atomic E-state index is 0.0735. The summed E-state index contributed by atoms with van der Waals surface area (Å²) in [7, 11) is 0. The van der Waals surface area contributed by atoms with Gasteiger partial charge in [-0.05, 0) is 29.7 Å². The quantitative estimate of drug-likeness (QED) is 0.673. The van der Waals surface area contributed by atoms with E-state index in [0.29, 0.717) is 6.54 Å². The molecule has 22 heavy (non-hydrogen) atoms. The van der Waals surface area contributed by atoms with Gasteiger partial charge in [-0.15, -0.1) is 0 Å². The Hall–Kier alpha value is -2.40. The van der Waals surface area contributed by atoms with Gasteiger partial charge in [-0.2, -0.15) is 0 Å². The maximum atomic E-state index is 11.7. The Balaban J connectivity index is 1.46. The number of carbonyl (C=O) groups is 2. The summed E-state index contributed by atoms with van der Waals surface area (Å²) >= 11 is 0. The second-order valence-electron chi connectivity index (χ2n) is 5.36. The van der Waals surface area contributed by atoms with Gasteiger partial charge in [-0.1, -0.05) is 24.3 Å². The Morgan fingerprint density at radius 3 is 2.73 bits per heavy atom. The number of furan rings is 1. The number of Topliss-reactive ketones (excluding diaryl/α,β-unsaturated/α-hetero) is 1. The molecule has 2 heterocycles. The fourth-order valence-corrected chi connectivity index (χ4v) is 2.67. The summed E-state index contributed by atoms with van der Waals surface area (Å²) in [5.41, 5.74) is 2.74. The summed E-state index contributed by atoms with van der Waals surface area (Å²) in [4.78, 5) is 25.8. The van der Waals surface area contributed by atoms with E-state index in [1.807, 2.05) is 6.07 Å². The van der Waals surface area contributed by atoms with Crippen LogP contribution in [0, 0.1) is 0 Å². The van der Waals surface area contributed by atoms with Crippen molar-refractivity contribution in [2.24, 2.45) is 0 Å². The molecule has 1 amide bonds. The van der Waals surface area contributed by atoms with Crippen molar-refractivity contribution >= 4 is 11.7 Å². The van der Waals surface area contributed by atoms with Gasteiger partial charge in [-0.25, -0.2) is 0 Å². The smallest absolute Gasteiger partial charge is 0.295 e. The Labute approximate surface area is 128 Å². The number of carbonyl (C=O) groups excluding carboxylic acids is 2. The number of rotatable bonds is 5. The third-order valence-corrected chi connectivity index (χ3v) is 3.87. The first kappa shape index (κ1) is 14.5. The first-order chi connectivity index (χ1) is 10.7. The average molecular weight is 298 g/mol. The van der Waals surface area contributed by atoms with Crippen LogP contribution in [0.4, 0.5) is 0 Å². The number of hydrogen-bond acceptors (Lipinski definition) is 4. The molecule has 1 aromatic carbocycles. The van der Waals surface area contributed by atoms with E-state index >= 15 is 0 Å². The van der Waals surface area contributed by atoms with Crippen LogP contribution >= 0.6 is 0 Å². The van der Waals surface area contributed by atoms with E-state index in [4.69, 9.17) is 4.42 Å². The first-order valence-electron chi connectivity index (χ1n) is 7.39. The molecule has 1 aliphatic rings. The Bertz CT molecular complexity index is 664. The van der Waals surface area contributed by atoms with Crippen molar-refractivity contribution < 1.29 is 14.0 Å². The van der Waals surface area contributed by atoms with Crippen LogP contribution in [0.5, 0.6) is 0 Å². The lowest BCUT2D eigenvalue weighted by atomic mass is 10.00. The number of amides is 1. The van der Waals surface area contributed by atoms with E-state index in [0.717, 1.165) is 26.1 Å². The van der Waals surface area contributed by atoms with E-state index in [1.54, 1.807) is 6.07 Å². The van der Waals surface area contributed by atoms with Gasteiger partial charge in [0.2, 0.25) is 0 Å². The molecular weight excluding hydrogens is 280 g/mol. The molecule has 1 aromatic heterocycles. The van der Waals surface area contributed by atoms with Crippen LogP contribution in [0.2, 0.25) is 0 Å². The summed E-state index contributed by atoms with van der Waals surface area (Å²) in [6.07, 6.45) is 2.40. The minimum Gasteiger partial charge on any atom is -0.461 e. The molecule has 114 valence electrons. The predicted octanol–water partition coefficient (Wildman–Crippen LogP) is 1.64. The van der Waals surface area contributed by atoms with Gasteiger partial charge in [0.1, 0.15) is 0 Å². The topological polar surface area (TPSA) is 62.6 Å². The summed E-state index contributed by atoms with van der Waals surface area (Å²) in [5, 5.41) is 2.65. The van der Waals surface area contributed by atoms with Gasteiger partial charge in [0.25, 0.3) is 11.7 Å². The van der Waals surface area contributed by atoms with Crippen molar-refractivity contribution in [1.82, 2.24) is 10.2 Å². The molecule has 1 aliphatic heterocycles. The lowest BCUT2D eigenvalue weighted by Gasteiger charge is -2.28. The standard InChI is InChI=1S/C17H18N2O3/c20-16(15-6-3-11-22-15)17(21)18-8-10-19-9-7-13-4-1-2-5-14(13)12-19/h1-6,11H,7-10,12H2,(H,18,21). The largest absolute Gasteiger partial charge is 0.461 e. The number of hydrogen-bond donors (Lipinski definition) is 1. The van der Waals surface area contributed by atoms with E-state index in [9.17, 15) is 9.59 Å². The number of nitrogens with one attached hydrogen (secondary N) is 1. The van der Waals surface area contributed by atoms with Crippen molar-refractivity contribution in [2.45, 2.75) is 13.0 Å². The fraction of sp³-hybridized carbons (Fsp3) is 0.294. The molecule has 2 aromatic rings. The lowest BCUT2D eigenvalue weighted by molar-refractivity contribution is -0.117. The molecule has 0 saturated carbocycles. The molecule has 3 rings (SSSR count). The van der Waals surface area contributed by atoms with Crippen LogP contribution in [0.15, 0.2) is 47.1 Å². The third kappa shape index (κ3) is 3.26. The summed E-state index contributed by atoms with van der Waals surface area (Å²) in [6.45, 7) is 3.04. The molecule has 5 heteroatoms. The van der Waals surface area contributed by atoms with Gasteiger partial charge in [-0.3, -0.25) is 14.5 Å². The molecule has 0 radical (unpaired) electrons. The zero-order chi connectivity index (χ0) is 15.4. The number of ketones is 1. The molecule has 0 bridgehead atoms. The van der Waals surface area contributed by atoms with E-state index in [1.165, 1.54) is 23.5 Å². The Morgan fingerprint density at radius 1 is 1.14 bits per heavy atom. The van der Waals surface area contributed by atoms with Crippen LogP contribution in [-0.4, -0.2) is 36.2 Å². The SMILES string of the molecule is O=C(NCCN1CCc2ccccc2C1)C(=O)c1ccco1. The van der Waals surface area contributed by atoms with E-state index in [2.05, 4.69) is 28.4 Å². The van der Waals surface area contributed by atoms with Gasteiger partial charge in [0, 0.05) is 26.2 Å². The average Bonchev–Trinajstić information content (AvgIpc) is 3.08. The molecular formula is C17H18N2O3. The molecule has 0 unspecified atom stereocenters. The third-order valence-electron chi connectivity index (χ3n) is 3.87. The van der Waals surface area contributed by atoms with Crippen molar-refractivity contribution in [3.05, 3.63) is 59.5 Å². The second-order valence-corrected chi connectivity index (χ2v) is 5.36. The summed E-state index contributed by atoms with van der Waals surface area (Å²) < 4.78 is 4.93. The van der Waals surface area contributed by atoms with Gasteiger partial charge in [0.15, 0.2) is 5.76 Å². The van der Waals surface area contributed by atoms with Crippen LogP contribution in [0.1, 0.15) is 21.7 Å².